The fourth-order valence-corrected chi connectivity index (χ4v) is 3.95. The van der Waals surface area contributed by atoms with Gasteiger partial charge in [-0.25, -0.2) is 8.78 Å². The standard InChI is InChI=1S/C22H23F2N5S/c1-17(24)15-18(3-2-9-23)8-10-28-11-13-29(14-12-28)22-26-21(27-30-22)20-6-4-19(16-25)5-7-20/h2-7,15H,1,8-14H2/b3-2-,18-15+. The SMILES string of the molecule is C=C(F)/C=C(\C=C/CF)CCN1CCN(c2nc(-c3ccc(C#N)cc3)ns2)CC1. The highest BCUT2D eigenvalue weighted by atomic mass is 32.1. The van der Waals surface area contributed by atoms with Crippen LogP contribution in [-0.2, 0) is 0 Å². The third kappa shape index (κ3) is 6.05. The van der Waals surface area contributed by atoms with Crippen LogP contribution < -0.4 is 4.90 Å². The normalized spacial score (nSPS) is 15.5. The van der Waals surface area contributed by atoms with E-state index in [1.54, 1.807) is 18.2 Å². The lowest BCUT2D eigenvalue weighted by Gasteiger charge is -2.34. The Bertz CT molecular complexity index is 951. The molecule has 1 aliphatic heterocycles. The van der Waals surface area contributed by atoms with Crippen LogP contribution >= 0.6 is 11.5 Å². The summed E-state index contributed by atoms with van der Waals surface area (Å²) in [7, 11) is 0. The van der Waals surface area contributed by atoms with E-state index in [2.05, 4.69) is 31.8 Å². The Balaban J connectivity index is 1.53. The Morgan fingerprint density at radius 2 is 1.97 bits per heavy atom. The van der Waals surface area contributed by atoms with Crippen molar-refractivity contribution in [3.63, 3.8) is 0 Å². The summed E-state index contributed by atoms with van der Waals surface area (Å²) in [6, 6.07) is 9.35. The van der Waals surface area contributed by atoms with Crippen molar-refractivity contribution < 1.29 is 8.78 Å². The maximum atomic E-state index is 13.1. The first-order chi connectivity index (χ1) is 14.6. The van der Waals surface area contributed by atoms with E-state index in [9.17, 15) is 8.78 Å². The number of alkyl halides is 1. The molecule has 0 amide bonds. The van der Waals surface area contributed by atoms with Gasteiger partial charge in [-0.3, -0.25) is 4.90 Å². The molecule has 30 heavy (non-hydrogen) atoms. The smallest absolute Gasteiger partial charge is 0.205 e. The molecule has 5 nitrogen and oxygen atoms in total. The van der Waals surface area contributed by atoms with Gasteiger partial charge in [-0.05, 0) is 42.3 Å². The van der Waals surface area contributed by atoms with Gasteiger partial charge in [0.1, 0.15) is 12.5 Å². The minimum absolute atomic E-state index is 0.521. The van der Waals surface area contributed by atoms with E-state index in [4.69, 9.17) is 5.26 Å². The Labute approximate surface area is 179 Å². The second kappa shape index (κ2) is 10.8. The minimum Gasteiger partial charge on any atom is -0.344 e. The lowest BCUT2D eigenvalue weighted by Crippen LogP contribution is -2.46. The Morgan fingerprint density at radius 3 is 2.60 bits per heavy atom. The predicted molar refractivity (Wildman–Crippen MR) is 117 cm³/mol. The van der Waals surface area contributed by atoms with Crippen molar-refractivity contribution in [1.29, 1.82) is 5.26 Å². The highest BCUT2D eigenvalue weighted by Crippen LogP contribution is 2.25. The van der Waals surface area contributed by atoms with Crippen molar-refractivity contribution in [2.24, 2.45) is 0 Å². The monoisotopic (exact) mass is 427 g/mol. The molecule has 2 heterocycles. The summed E-state index contributed by atoms with van der Waals surface area (Å²) >= 11 is 1.37. The van der Waals surface area contributed by atoms with Crippen LogP contribution in [0, 0.1) is 11.3 Å². The highest BCUT2D eigenvalue weighted by molar-refractivity contribution is 7.09. The van der Waals surface area contributed by atoms with Gasteiger partial charge in [0.05, 0.1) is 11.6 Å². The van der Waals surface area contributed by atoms with Crippen LogP contribution in [-0.4, -0.2) is 53.7 Å². The number of nitriles is 1. The number of nitrogens with zero attached hydrogens (tertiary/aromatic N) is 5. The minimum atomic E-state index is -0.568. The van der Waals surface area contributed by atoms with Gasteiger partial charge in [0.2, 0.25) is 5.13 Å². The molecular weight excluding hydrogens is 404 g/mol. The van der Waals surface area contributed by atoms with E-state index in [-0.39, 0.29) is 0 Å². The Kier molecular flexibility index (Phi) is 7.82. The molecule has 0 unspecified atom stereocenters. The zero-order chi connectivity index (χ0) is 21.3. The number of allylic oxidation sites excluding steroid dienone is 4. The summed E-state index contributed by atoms with van der Waals surface area (Å²) in [5, 5.41) is 9.79. The summed E-state index contributed by atoms with van der Waals surface area (Å²) in [5.41, 5.74) is 2.24. The van der Waals surface area contributed by atoms with Crippen molar-refractivity contribution in [3.05, 3.63) is 66.0 Å². The number of hydrogen-bond acceptors (Lipinski definition) is 6. The lowest BCUT2D eigenvalue weighted by molar-refractivity contribution is 0.261. The second-order valence-electron chi connectivity index (χ2n) is 6.89. The molecule has 1 aromatic carbocycles. The molecule has 156 valence electrons. The zero-order valence-electron chi connectivity index (χ0n) is 16.6. The van der Waals surface area contributed by atoms with Crippen LogP contribution in [0.25, 0.3) is 11.4 Å². The van der Waals surface area contributed by atoms with Gasteiger partial charge >= 0.3 is 0 Å². The van der Waals surface area contributed by atoms with Gasteiger partial charge in [0, 0.05) is 49.8 Å². The van der Waals surface area contributed by atoms with Gasteiger partial charge in [-0.15, -0.1) is 0 Å². The summed E-state index contributed by atoms with van der Waals surface area (Å²) in [5.74, 6) is 0.149. The second-order valence-corrected chi connectivity index (χ2v) is 7.62. The summed E-state index contributed by atoms with van der Waals surface area (Å²) in [6.45, 7) is 6.85. The molecule has 1 aromatic heterocycles. The van der Waals surface area contributed by atoms with Gasteiger partial charge < -0.3 is 4.90 Å². The average molecular weight is 428 g/mol. The molecule has 0 bridgehead atoms. The van der Waals surface area contributed by atoms with E-state index < -0.39 is 12.5 Å². The van der Waals surface area contributed by atoms with Gasteiger partial charge in [0.15, 0.2) is 5.82 Å². The van der Waals surface area contributed by atoms with E-state index in [0.717, 1.165) is 49.0 Å². The molecule has 3 rings (SSSR count). The van der Waals surface area contributed by atoms with Crippen molar-refractivity contribution in [3.8, 4) is 17.5 Å². The predicted octanol–water partition coefficient (Wildman–Crippen LogP) is 4.52. The summed E-state index contributed by atoms with van der Waals surface area (Å²) in [6.07, 6.45) is 5.00. The van der Waals surface area contributed by atoms with Crippen molar-refractivity contribution >= 4 is 16.7 Å². The van der Waals surface area contributed by atoms with Gasteiger partial charge in [-0.1, -0.05) is 18.7 Å². The zero-order valence-corrected chi connectivity index (χ0v) is 17.4. The van der Waals surface area contributed by atoms with Crippen LogP contribution in [0.3, 0.4) is 0 Å². The van der Waals surface area contributed by atoms with E-state index in [0.29, 0.717) is 17.8 Å². The number of benzene rings is 1. The number of aromatic nitrogens is 2. The number of halogens is 2. The molecule has 1 aliphatic rings. The van der Waals surface area contributed by atoms with Crippen LogP contribution in [0.5, 0.6) is 0 Å². The summed E-state index contributed by atoms with van der Waals surface area (Å²) in [4.78, 5) is 9.17. The molecule has 8 heteroatoms. The van der Waals surface area contributed by atoms with E-state index in [1.165, 1.54) is 23.7 Å². The fraction of sp³-hybridized carbons (Fsp3) is 0.318. The maximum absolute atomic E-state index is 13.1. The van der Waals surface area contributed by atoms with Gasteiger partial charge in [-0.2, -0.15) is 14.6 Å². The average Bonchev–Trinajstić information content (AvgIpc) is 3.26. The molecule has 1 fully saturated rings. The van der Waals surface area contributed by atoms with Crippen LogP contribution in [0.15, 0.2) is 60.5 Å². The number of hydrogen-bond donors (Lipinski definition) is 0. The molecule has 2 aromatic rings. The summed E-state index contributed by atoms with van der Waals surface area (Å²) < 4.78 is 29.9. The quantitative estimate of drug-likeness (QED) is 0.580. The van der Waals surface area contributed by atoms with Crippen LogP contribution in [0.2, 0.25) is 0 Å². The molecule has 0 aliphatic carbocycles. The molecule has 0 atom stereocenters. The highest BCUT2D eigenvalue weighted by Gasteiger charge is 2.20. The topological polar surface area (TPSA) is 56.0 Å². The molecule has 0 radical (unpaired) electrons. The van der Waals surface area contributed by atoms with Crippen LogP contribution in [0.4, 0.5) is 13.9 Å². The van der Waals surface area contributed by atoms with Gasteiger partial charge in [0.25, 0.3) is 0 Å². The Hall–Kier alpha value is -2.89. The first-order valence-corrected chi connectivity index (χ1v) is 10.5. The number of anilines is 1. The molecule has 0 spiro atoms. The first kappa shape index (κ1) is 21.8. The van der Waals surface area contributed by atoms with E-state index >= 15 is 0 Å². The molecule has 0 saturated carbocycles. The number of piperazine rings is 1. The maximum Gasteiger partial charge on any atom is 0.205 e. The largest absolute Gasteiger partial charge is 0.344 e. The fourth-order valence-electron chi connectivity index (χ4n) is 3.21. The molecule has 1 saturated heterocycles. The molecule has 0 N–H and O–H groups in total. The third-order valence-electron chi connectivity index (χ3n) is 4.81. The third-order valence-corrected chi connectivity index (χ3v) is 5.59. The first-order valence-electron chi connectivity index (χ1n) is 9.68. The lowest BCUT2D eigenvalue weighted by atomic mass is 10.1. The number of rotatable bonds is 8. The van der Waals surface area contributed by atoms with Crippen molar-refractivity contribution in [2.45, 2.75) is 6.42 Å². The Morgan fingerprint density at radius 1 is 1.23 bits per heavy atom. The molecular formula is C22H23F2N5S. The van der Waals surface area contributed by atoms with Crippen molar-refractivity contribution in [2.75, 3.05) is 44.3 Å². The van der Waals surface area contributed by atoms with E-state index in [1.807, 2.05) is 12.1 Å². The van der Waals surface area contributed by atoms with Crippen LogP contribution in [0.1, 0.15) is 12.0 Å². The van der Waals surface area contributed by atoms with Crippen molar-refractivity contribution in [1.82, 2.24) is 14.3 Å².